The van der Waals surface area contributed by atoms with Crippen molar-refractivity contribution in [1.82, 2.24) is 19.7 Å². The quantitative estimate of drug-likeness (QED) is 0.138. The van der Waals surface area contributed by atoms with Crippen LogP contribution in [0, 0.1) is 0 Å². The lowest BCUT2D eigenvalue weighted by atomic mass is 10.1. The van der Waals surface area contributed by atoms with Gasteiger partial charge >= 0.3 is 0 Å². The molecule has 0 amide bonds. The Morgan fingerprint density at radius 2 is 1.85 bits per heavy atom. The van der Waals surface area contributed by atoms with Crippen LogP contribution in [0.4, 0.5) is 0 Å². The molecule has 0 aliphatic carbocycles. The second kappa shape index (κ2) is 10.6. The fraction of sp³-hybridized carbons (Fsp3) is 0.174. The van der Waals surface area contributed by atoms with E-state index in [1.54, 1.807) is 36.5 Å². The lowest BCUT2D eigenvalue weighted by molar-refractivity contribution is 0.0511. The van der Waals surface area contributed by atoms with Gasteiger partial charge in [-0.05, 0) is 42.2 Å². The van der Waals surface area contributed by atoms with Crippen molar-refractivity contribution in [2.45, 2.75) is 11.8 Å². The maximum atomic E-state index is 11.3. The molecule has 0 saturated heterocycles. The molecule has 0 saturated carbocycles. The van der Waals surface area contributed by atoms with Crippen molar-refractivity contribution in [3.05, 3.63) is 64.3 Å². The first-order chi connectivity index (χ1) is 16.5. The maximum absolute atomic E-state index is 11.3. The normalized spacial score (nSPS) is 11.1. The van der Waals surface area contributed by atoms with E-state index in [0.29, 0.717) is 44.7 Å². The molecule has 11 heteroatoms. The van der Waals surface area contributed by atoms with Gasteiger partial charge in [0.1, 0.15) is 17.1 Å². The van der Waals surface area contributed by atoms with E-state index in [1.165, 1.54) is 18.9 Å². The summed E-state index contributed by atoms with van der Waals surface area (Å²) in [5, 5.41) is 21.8. The fourth-order valence-electron chi connectivity index (χ4n) is 3.37. The molecule has 0 unspecified atom stereocenters. The highest BCUT2D eigenvalue weighted by Gasteiger charge is 2.25. The van der Waals surface area contributed by atoms with Crippen LogP contribution in [0.5, 0.6) is 5.75 Å². The van der Waals surface area contributed by atoms with Gasteiger partial charge in [0.05, 0.1) is 27.9 Å². The molecular formula is C23H20Cl2N4O4S. The summed E-state index contributed by atoms with van der Waals surface area (Å²) < 4.78 is 11.5. The number of aliphatic hydroxyl groups is 1. The molecule has 4 aromatic rings. The zero-order valence-corrected chi connectivity index (χ0v) is 20.5. The van der Waals surface area contributed by atoms with E-state index in [0.717, 1.165) is 4.73 Å². The van der Waals surface area contributed by atoms with E-state index in [2.05, 4.69) is 9.97 Å². The van der Waals surface area contributed by atoms with Crippen molar-refractivity contribution in [2.75, 3.05) is 20.2 Å². The van der Waals surface area contributed by atoms with Gasteiger partial charge in [0.15, 0.2) is 17.8 Å². The van der Waals surface area contributed by atoms with Crippen molar-refractivity contribution in [3.8, 4) is 39.8 Å². The number of thioether (sulfide) groups is 1. The van der Waals surface area contributed by atoms with Gasteiger partial charge in [-0.1, -0.05) is 47.1 Å². The summed E-state index contributed by atoms with van der Waals surface area (Å²) in [6, 6.07) is 12.0. The summed E-state index contributed by atoms with van der Waals surface area (Å²) in [7, 11) is 1.54. The molecular weight excluding hydrogens is 499 g/mol. The Bertz CT molecular complexity index is 1310. The number of rotatable bonds is 8. The molecule has 0 spiro atoms. The molecule has 2 aromatic carbocycles. The SMILES string of the molecule is COCOc1cccc(-c2nc(-c3c(Cl)cc(CO)cc3Cl)n(O)c2-c2ccnc(SC)n2)c1. The van der Waals surface area contributed by atoms with Gasteiger partial charge in [0.2, 0.25) is 0 Å². The van der Waals surface area contributed by atoms with Crippen LogP contribution >= 0.6 is 35.0 Å². The maximum Gasteiger partial charge on any atom is 0.188 e. The molecule has 8 nitrogen and oxygen atoms in total. The third kappa shape index (κ3) is 4.84. The molecule has 0 bridgehead atoms. The lowest BCUT2D eigenvalue weighted by Crippen LogP contribution is -2.01. The predicted octanol–water partition coefficient (Wildman–Crippen LogP) is 5.42. The Hall–Kier alpha value is -2.82. The van der Waals surface area contributed by atoms with Gasteiger partial charge in [-0.15, -0.1) is 0 Å². The van der Waals surface area contributed by atoms with E-state index in [4.69, 9.17) is 37.7 Å². The number of hydrogen-bond donors (Lipinski definition) is 2. The van der Waals surface area contributed by atoms with Gasteiger partial charge in [0, 0.05) is 18.9 Å². The van der Waals surface area contributed by atoms with Gasteiger partial charge in [-0.3, -0.25) is 0 Å². The smallest absolute Gasteiger partial charge is 0.188 e. The van der Waals surface area contributed by atoms with Gasteiger partial charge < -0.3 is 19.8 Å². The minimum atomic E-state index is -0.226. The molecule has 2 heterocycles. The summed E-state index contributed by atoms with van der Waals surface area (Å²) in [5.41, 5.74) is 2.75. The first-order valence-electron chi connectivity index (χ1n) is 9.97. The third-order valence-corrected chi connectivity index (χ3v) is 6.03. The van der Waals surface area contributed by atoms with E-state index >= 15 is 0 Å². The van der Waals surface area contributed by atoms with E-state index in [1.807, 2.05) is 18.4 Å². The molecule has 0 fully saturated rings. The fourth-order valence-corrected chi connectivity index (χ4v) is 4.42. The number of aromatic nitrogens is 4. The van der Waals surface area contributed by atoms with Gasteiger partial charge in [-0.2, -0.15) is 4.73 Å². The number of benzene rings is 2. The second-order valence-electron chi connectivity index (χ2n) is 7.04. The van der Waals surface area contributed by atoms with Crippen LogP contribution in [0.2, 0.25) is 10.0 Å². The summed E-state index contributed by atoms with van der Waals surface area (Å²) >= 11 is 14.3. The van der Waals surface area contributed by atoms with Crippen LogP contribution in [-0.4, -0.2) is 50.2 Å². The molecule has 0 aliphatic heterocycles. The molecule has 2 aromatic heterocycles. The minimum Gasteiger partial charge on any atom is -0.468 e. The average Bonchev–Trinajstić information content (AvgIpc) is 3.19. The Morgan fingerprint density at radius 3 is 2.53 bits per heavy atom. The van der Waals surface area contributed by atoms with Crippen LogP contribution in [0.15, 0.2) is 53.8 Å². The predicted molar refractivity (Wildman–Crippen MR) is 132 cm³/mol. The number of aliphatic hydroxyl groups excluding tert-OH is 1. The molecule has 4 rings (SSSR count). The number of imidazole rings is 1. The molecule has 34 heavy (non-hydrogen) atoms. The zero-order valence-electron chi connectivity index (χ0n) is 18.2. The van der Waals surface area contributed by atoms with Crippen molar-refractivity contribution in [2.24, 2.45) is 0 Å². The highest BCUT2D eigenvalue weighted by molar-refractivity contribution is 7.98. The topological polar surface area (TPSA) is 103 Å². The number of ether oxygens (including phenoxy) is 2. The van der Waals surface area contributed by atoms with Crippen LogP contribution in [-0.2, 0) is 11.3 Å². The number of nitrogens with zero attached hydrogens (tertiary/aromatic N) is 4. The Balaban J connectivity index is 1.96. The molecule has 0 aliphatic rings. The van der Waals surface area contributed by atoms with Crippen LogP contribution in [0.25, 0.3) is 34.0 Å². The second-order valence-corrected chi connectivity index (χ2v) is 8.63. The van der Waals surface area contributed by atoms with Crippen LogP contribution < -0.4 is 4.74 Å². The summed E-state index contributed by atoms with van der Waals surface area (Å²) in [4.78, 5) is 13.5. The molecule has 0 radical (unpaired) electrons. The third-order valence-electron chi connectivity index (χ3n) is 4.87. The average molecular weight is 519 g/mol. The first kappa shape index (κ1) is 24.3. The van der Waals surface area contributed by atoms with Gasteiger partial charge in [-0.25, -0.2) is 15.0 Å². The molecule has 2 N–H and O–H groups in total. The molecule has 176 valence electrons. The Kier molecular flexibility index (Phi) is 7.60. The van der Waals surface area contributed by atoms with E-state index in [9.17, 15) is 10.3 Å². The summed E-state index contributed by atoms with van der Waals surface area (Å²) in [6.07, 6.45) is 3.47. The van der Waals surface area contributed by atoms with Crippen molar-refractivity contribution < 1.29 is 19.8 Å². The largest absolute Gasteiger partial charge is 0.468 e. The zero-order chi connectivity index (χ0) is 24.2. The highest BCUT2D eigenvalue weighted by atomic mass is 35.5. The monoisotopic (exact) mass is 518 g/mol. The van der Waals surface area contributed by atoms with Gasteiger partial charge in [0.25, 0.3) is 0 Å². The Morgan fingerprint density at radius 1 is 1.09 bits per heavy atom. The van der Waals surface area contributed by atoms with Crippen molar-refractivity contribution in [3.63, 3.8) is 0 Å². The standard InChI is InChI=1S/C23H20Cl2N4O4S/c1-32-12-33-15-5-3-4-14(10-15)20-21(18-6-7-26-23(27-18)34-2)29(31)22(28-20)19-16(24)8-13(11-30)9-17(19)25/h3-10,30-31H,11-12H2,1-2H3. The number of halogens is 2. The van der Waals surface area contributed by atoms with Crippen LogP contribution in [0.3, 0.4) is 0 Å². The van der Waals surface area contributed by atoms with E-state index < -0.39 is 0 Å². The Labute approximate surface area is 210 Å². The van der Waals surface area contributed by atoms with Crippen molar-refractivity contribution >= 4 is 35.0 Å². The minimum absolute atomic E-state index is 0.0847. The summed E-state index contributed by atoms with van der Waals surface area (Å²) in [6.45, 7) is -0.141. The number of methoxy groups -OCH3 is 1. The lowest BCUT2D eigenvalue weighted by Gasteiger charge is -2.10. The van der Waals surface area contributed by atoms with E-state index in [-0.39, 0.29) is 29.3 Å². The molecule has 0 atom stereocenters. The first-order valence-corrected chi connectivity index (χ1v) is 12.0. The number of hydrogen-bond acceptors (Lipinski definition) is 8. The summed E-state index contributed by atoms with van der Waals surface area (Å²) in [5.74, 6) is 0.687. The highest BCUT2D eigenvalue weighted by Crippen LogP contribution is 2.41. The van der Waals surface area contributed by atoms with Crippen molar-refractivity contribution in [1.29, 1.82) is 0 Å². The van der Waals surface area contributed by atoms with Crippen LogP contribution in [0.1, 0.15) is 5.56 Å².